The van der Waals surface area contributed by atoms with Gasteiger partial charge in [-0.25, -0.2) is 13.6 Å². The zero-order valence-corrected chi connectivity index (χ0v) is 18.3. The van der Waals surface area contributed by atoms with Crippen LogP contribution in [0.15, 0.2) is 85.0 Å². The van der Waals surface area contributed by atoms with Gasteiger partial charge in [0.05, 0.1) is 6.42 Å². The largest absolute Gasteiger partial charge is 0.426 e. The van der Waals surface area contributed by atoms with Crippen LogP contribution < -0.4 is 9.47 Å². The second-order valence-corrected chi connectivity index (χ2v) is 7.62. The summed E-state index contributed by atoms with van der Waals surface area (Å²) in [6.45, 7) is 10.4. The zero-order chi connectivity index (χ0) is 24.1. The predicted molar refractivity (Wildman–Crippen MR) is 123 cm³/mol. The van der Waals surface area contributed by atoms with Crippen LogP contribution in [0.1, 0.15) is 20.3 Å². The van der Waals surface area contributed by atoms with E-state index in [2.05, 4.69) is 13.2 Å². The molecule has 0 aliphatic carbocycles. The number of esters is 2. The van der Waals surface area contributed by atoms with Gasteiger partial charge in [-0.1, -0.05) is 55.1 Å². The van der Waals surface area contributed by atoms with Gasteiger partial charge in [0.1, 0.15) is 11.5 Å². The molecule has 0 amide bonds. The normalized spacial score (nSPS) is 10.4. The van der Waals surface area contributed by atoms with Gasteiger partial charge in [0, 0.05) is 16.7 Å². The molecule has 3 aromatic rings. The van der Waals surface area contributed by atoms with Crippen molar-refractivity contribution in [2.75, 3.05) is 0 Å². The van der Waals surface area contributed by atoms with Gasteiger partial charge in [-0.05, 0) is 49.2 Å². The SMILES string of the molecule is C=C(C)CC(=O)Oc1ccc(-c2ccc(-c3ccc(OC(=O)C(=C)C)cc3)c(F)c2F)cc1. The second kappa shape index (κ2) is 10.0. The van der Waals surface area contributed by atoms with E-state index in [1.54, 1.807) is 19.1 Å². The molecule has 0 aromatic heterocycles. The second-order valence-electron chi connectivity index (χ2n) is 7.62. The molecule has 6 heteroatoms. The Morgan fingerprint density at radius 2 is 1.15 bits per heavy atom. The monoisotopic (exact) mass is 448 g/mol. The zero-order valence-electron chi connectivity index (χ0n) is 18.3. The van der Waals surface area contributed by atoms with E-state index in [9.17, 15) is 18.4 Å². The Morgan fingerprint density at radius 1 is 0.727 bits per heavy atom. The fourth-order valence-corrected chi connectivity index (χ4v) is 3.01. The molecule has 0 saturated heterocycles. The number of hydrogen-bond donors (Lipinski definition) is 0. The highest BCUT2D eigenvalue weighted by Gasteiger charge is 2.17. The predicted octanol–water partition coefficient (Wildman–Crippen LogP) is 6.65. The maximum atomic E-state index is 14.9. The fraction of sp³-hybridized carbons (Fsp3) is 0.111. The van der Waals surface area contributed by atoms with E-state index in [0.717, 1.165) is 0 Å². The quantitative estimate of drug-likeness (QED) is 0.176. The summed E-state index contributed by atoms with van der Waals surface area (Å²) >= 11 is 0. The van der Waals surface area contributed by atoms with Crippen LogP contribution in [0.4, 0.5) is 8.78 Å². The number of carbonyl (C=O) groups is 2. The van der Waals surface area contributed by atoms with Crippen molar-refractivity contribution >= 4 is 11.9 Å². The van der Waals surface area contributed by atoms with Crippen molar-refractivity contribution in [1.82, 2.24) is 0 Å². The first-order valence-corrected chi connectivity index (χ1v) is 10.1. The van der Waals surface area contributed by atoms with E-state index in [1.807, 2.05) is 0 Å². The van der Waals surface area contributed by atoms with Gasteiger partial charge in [0.15, 0.2) is 11.6 Å². The Kier molecular flexibility index (Phi) is 7.18. The summed E-state index contributed by atoms with van der Waals surface area (Å²) in [4.78, 5) is 23.3. The summed E-state index contributed by atoms with van der Waals surface area (Å²) in [6, 6.07) is 15.1. The third-order valence-corrected chi connectivity index (χ3v) is 4.65. The van der Waals surface area contributed by atoms with Gasteiger partial charge in [0.25, 0.3) is 0 Å². The van der Waals surface area contributed by atoms with E-state index >= 15 is 0 Å². The first-order valence-electron chi connectivity index (χ1n) is 10.1. The molecule has 0 fully saturated rings. The molecule has 0 radical (unpaired) electrons. The topological polar surface area (TPSA) is 52.6 Å². The summed E-state index contributed by atoms with van der Waals surface area (Å²) in [6.07, 6.45) is 0.0976. The number of halogens is 2. The molecular weight excluding hydrogens is 426 g/mol. The third kappa shape index (κ3) is 5.80. The molecule has 0 bridgehead atoms. The lowest BCUT2D eigenvalue weighted by molar-refractivity contribution is -0.133. The van der Waals surface area contributed by atoms with Crippen LogP contribution >= 0.6 is 0 Å². The van der Waals surface area contributed by atoms with Crippen LogP contribution in [-0.2, 0) is 9.59 Å². The minimum Gasteiger partial charge on any atom is -0.426 e. The summed E-state index contributed by atoms with van der Waals surface area (Å²) in [5, 5.41) is 0. The molecule has 3 rings (SSSR count). The lowest BCUT2D eigenvalue weighted by Crippen LogP contribution is -2.07. The minimum atomic E-state index is -1.00. The molecular formula is C27H22F2O4. The summed E-state index contributed by atoms with van der Waals surface area (Å²) < 4.78 is 40.0. The van der Waals surface area contributed by atoms with Crippen LogP contribution in [0.2, 0.25) is 0 Å². The van der Waals surface area contributed by atoms with E-state index in [0.29, 0.717) is 22.4 Å². The molecule has 3 aromatic carbocycles. The van der Waals surface area contributed by atoms with Crippen molar-refractivity contribution in [3.05, 3.63) is 96.6 Å². The molecule has 0 saturated carbocycles. The van der Waals surface area contributed by atoms with Crippen LogP contribution in [0, 0.1) is 11.6 Å². The average Bonchev–Trinajstić information content (AvgIpc) is 2.76. The number of carbonyl (C=O) groups excluding carboxylic acids is 2. The Bertz CT molecular complexity index is 1230. The van der Waals surface area contributed by atoms with Gasteiger partial charge in [0.2, 0.25) is 0 Å². The summed E-state index contributed by atoms with van der Waals surface area (Å²) in [7, 11) is 0. The van der Waals surface area contributed by atoms with Gasteiger partial charge in [-0.2, -0.15) is 0 Å². The van der Waals surface area contributed by atoms with E-state index in [-0.39, 0.29) is 28.9 Å². The third-order valence-electron chi connectivity index (χ3n) is 4.65. The van der Waals surface area contributed by atoms with Gasteiger partial charge < -0.3 is 9.47 Å². The molecule has 0 unspecified atom stereocenters. The fourth-order valence-electron chi connectivity index (χ4n) is 3.01. The number of hydrogen-bond acceptors (Lipinski definition) is 4. The maximum absolute atomic E-state index is 14.9. The van der Waals surface area contributed by atoms with Crippen molar-refractivity contribution < 1.29 is 27.8 Å². The van der Waals surface area contributed by atoms with Gasteiger partial charge in [-0.3, -0.25) is 4.79 Å². The smallest absolute Gasteiger partial charge is 0.338 e. The maximum Gasteiger partial charge on any atom is 0.338 e. The molecule has 0 heterocycles. The highest BCUT2D eigenvalue weighted by molar-refractivity contribution is 5.88. The number of ether oxygens (including phenoxy) is 2. The molecule has 168 valence electrons. The van der Waals surface area contributed by atoms with Crippen molar-refractivity contribution in [1.29, 1.82) is 0 Å². The van der Waals surface area contributed by atoms with Crippen molar-refractivity contribution in [3.63, 3.8) is 0 Å². The molecule has 0 N–H and O–H groups in total. The number of rotatable bonds is 7. The van der Waals surface area contributed by atoms with E-state index in [1.165, 1.54) is 55.5 Å². The molecule has 0 aliphatic heterocycles. The lowest BCUT2D eigenvalue weighted by atomic mass is 9.98. The van der Waals surface area contributed by atoms with Crippen LogP contribution in [0.5, 0.6) is 11.5 Å². The highest BCUT2D eigenvalue weighted by Crippen LogP contribution is 2.33. The molecule has 0 aliphatic rings. The lowest BCUT2D eigenvalue weighted by Gasteiger charge is -2.11. The van der Waals surface area contributed by atoms with Crippen molar-refractivity contribution in [3.8, 4) is 33.8 Å². The Labute approximate surface area is 190 Å². The number of benzene rings is 3. The Balaban J connectivity index is 1.80. The first kappa shape index (κ1) is 23.6. The average molecular weight is 448 g/mol. The minimum absolute atomic E-state index is 0.0689. The molecule has 33 heavy (non-hydrogen) atoms. The summed E-state index contributed by atoms with van der Waals surface area (Å²) in [5.74, 6) is -2.45. The van der Waals surface area contributed by atoms with Crippen LogP contribution in [0.3, 0.4) is 0 Å². The summed E-state index contributed by atoms with van der Waals surface area (Å²) in [5.41, 5.74) is 1.92. The van der Waals surface area contributed by atoms with Crippen molar-refractivity contribution in [2.45, 2.75) is 20.3 Å². The van der Waals surface area contributed by atoms with Gasteiger partial charge >= 0.3 is 11.9 Å². The van der Waals surface area contributed by atoms with Crippen LogP contribution in [-0.4, -0.2) is 11.9 Å². The highest BCUT2D eigenvalue weighted by atomic mass is 19.2. The first-order chi connectivity index (χ1) is 15.7. The van der Waals surface area contributed by atoms with Crippen LogP contribution in [0.25, 0.3) is 22.3 Å². The molecule has 0 atom stereocenters. The molecule has 4 nitrogen and oxygen atoms in total. The Morgan fingerprint density at radius 3 is 1.55 bits per heavy atom. The van der Waals surface area contributed by atoms with Gasteiger partial charge in [-0.15, -0.1) is 0 Å². The molecule has 0 spiro atoms. The Hall–Kier alpha value is -4.06. The van der Waals surface area contributed by atoms with Crippen molar-refractivity contribution in [2.24, 2.45) is 0 Å². The van der Waals surface area contributed by atoms with E-state index < -0.39 is 23.6 Å². The standard InChI is InChI=1S/C27H22F2O4/c1-16(2)15-24(30)32-20-9-5-18(6-10-20)22-13-14-23(26(29)25(22)28)19-7-11-21(12-8-19)33-27(31)17(3)4/h5-14H,1,3,15H2,2,4H3. The van der Waals surface area contributed by atoms with E-state index in [4.69, 9.17) is 9.47 Å².